The maximum absolute atomic E-state index is 10.5. The predicted molar refractivity (Wildman–Crippen MR) is 76.5 cm³/mol. The number of hydrogen-bond acceptors (Lipinski definition) is 6. The van der Waals surface area contributed by atoms with Gasteiger partial charge in [-0.2, -0.15) is 0 Å². The second-order valence-electron chi connectivity index (χ2n) is 5.11. The van der Waals surface area contributed by atoms with Crippen molar-refractivity contribution >= 4 is 5.69 Å². The lowest BCUT2D eigenvalue weighted by Gasteiger charge is -2.32. The summed E-state index contributed by atoms with van der Waals surface area (Å²) in [4.78, 5) is 10.1. The van der Waals surface area contributed by atoms with E-state index in [4.69, 9.17) is 9.47 Å². The molecule has 7 heteroatoms. The summed E-state index contributed by atoms with van der Waals surface area (Å²) in [6.45, 7) is 2.74. The zero-order valence-electron chi connectivity index (χ0n) is 11.8. The summed E-state index contributed by atoms with van der Waals surface area (Å²) >= 11 is 0. The molecule has 0 amide bonds. The van der Waals surface area contributed by atoms with E-state index in [2.05, 4.69) is 5.32 Å². The third kappa shape index (κ3) is 4.96. The largest absolute Gasteiger partial charge is 0.492 e. The molecule has 1 saturated heterocycles. The van der Waals surface area contributed by atoms with Crippen LogP contribution >= 0.6 is 0 Å². The van der Waals surface area contributed by atoms with Crippen LogP contribution in [0.2, 0.25) is 0 Å². The zero-order valence-corrected chi connectivity index (χ0v) is 11.8. The van der Waals surface area contributed by atoms with E-state index in [1.165, 1.54) is 12.1 Å². The van der Waals surface area contributed by atoms with Crippen molar-refractivity contribution in [2.75, 3.05) is 32.9 Å². The fraction of sp³-hybridized carbons (Fsp3) is 0.571. The van der Waals surface area contributed by atoms with Crippen molar-refractivity contribution in [1.29, 1.82) is 0 Å². The maximum atomic E-state index is 10.5. The lowest BCUT2D eigenvalue weighted by Crippen LogP contribution is -2.45. The summed E-state index contributed by atoms with van der Waals surface area (Å²) in [7, 11) is 0. The third-order valence-corrected chi connectivity index (χ3v) is 3.47. The SMILES string of the molecule is O=[N+]([O-])c1ccc(OCCNCC2(O)CCOCC2)cc1. The first-order chi connectivity index (χ1) is 10.1. The fourth-order valence-corrected chi connectivity index (χ4v) is 2.15. The number of rotatable bonds is 7. The number of ether oxygens (including phenoxy) is 2. The van der Waals surface area contributed by atoms with Crippen LogP contribution in [0.25, 0.3) is 0 Å². The van der Waals surface area contributed by atoms with Crippen molar-refractivity contribution in [3.63, 3.8) is 0 Å². The molecular weight excluding hydrogens is 276 g/mol. The lowest BCUT2D eigenvalue weighted by molar-refractivity contribution is -0.384. The van der Waals surface area contributed by atoms with Gasteiger partial charge in [-0.05, 0) is 12.1 Å². The molecule has 2 rings (SSSR count). The summed E-state index contributed by atoms with van der Waals surface area (Å²) in [5.74, 6) is 0.590. The molecule has 0 bridgehead atoms. The van der Waals surface area contributed by atoms with E-state index in [1.54, 1.807) is 12.1 Å². The van der Waals surface area contributed by atoms with Gasteiger partial charge in [-0.1, -0.05) is 0 Å². The average Bonchev–Trinajstić information content (AvgIpc) is 2.48. The van der Waals surface area contributed by atoms with Gasteiger partial charge in [0.05, 0.1) is 10.5 Å². The molecule has 0 aliphatic carbocycles. The number of nitro groups is 1. The van der Waals surface area contributed by atoms with Crippen LogP contribution in [-0.4, -0.2) is 48.5 Å². The van der Waals surface area contributed by atoms with Crippen LogP contribution in [0.15, 0.2) is 24.3 Å². The fourth-order valence-electron chi connectivity index (χ4n) is 2.15. The van der Waals surface area contributed by atoms with Crippen molar-refractivity contribution in [2.24, 2.45) is 0 Å². The minimum absolute atomic E-state index is 0.0437. The Morgan fingerprint density at radius 3 is 2.62 bits per heavy atom. The van der Waals surface area contributed by atoms with E-state index in [-0.39, 0.29) is 5.69 Å². The molecule has 0 radical (unpaired) electrons. The van der Waals surface area contributed by atoms with Crippen molar-refractivity contribution in [2.45, 2.75) is 18.4 Å². The summed E-state index contributed by atoms with van der Waals surface area (Å²) < 4.78 is 10.7. The molecule has 0 atom stereocenters. The predicted octanol–water partition coefficient (Wildman–Crippen LogP) is 1.10. The number of nitro benzene ring substituents is 1. The summed E-state index contributed by atoms with van der Waals surface area (Å²) in [5.41, 5.74) is -0.645. The molecule has 7 nitrogen and oxygen atoms in total. The summed E-state index contributed by atoms with van der Waals surface area (Å²) in [6.07, 6.45) is 1.28. The van der Waals surface area contributed by atoms with E-state index < -0.39 is 10.5 Å². The standard InChI is InChI=1S/C14H20N2O5/c17-14(5-8-20-9-6-14)11-15-7-10-21-13-3-1-12(2-4-13)16(18)19/h1-4,15,17H,5-11H2. The van der Waals surface area contributed by atoms with Crippen LogP contribution in [-0.2, 0) is 4.74 Å². The highest BCUT2D eigenvalue weighted by Gasteiger charge is 2.28. The van der Waals surface area contributed by atoms with Crippen LogP contribution in [0.1, 0.15) is 12.8 Å². The molecule has 21 heavy (non-hydrogen) atoms. The Labute approximate surface area is 123 Å². The molecule has 1 fully saturated rings. The van der Waals surface area contributed by atoms with Crippen molar-refractivity contribution in [1.82, 2.24) is 5.32 Å². The first kappa shape index (κ1) is 15.7. The molecule has 1 aromatic carbocycles. The lowest BCUT2D eigenvalue weighted by atomic mass is 9.94. The van der Waals surface area contributed by atoms with Gasteiger partial charge < -0.3 is 19.9 Å². The first-order valence-corrected chi connectivity index (χ1v) is 6.97. The minimum Gasteiger partial charge on any atom is -0.492 e. The summed E-state index contributed by atoms with van der Waals surface area (Å²) in [5, 5.41) is 23.9. The van der Waals surface area contributed by atoms with E-state index in [0.29, 0.717) is 51.5 Å². The molecule has 1 aromatic rings. The van der Waals surface area contributed by atoms with E-state index in [9.17, 15) is 15.2 Å². The van der Waals surface area contributed by atoms with Gasteiger partial charge in [0.1, 0.15) is 12.4 Å². The van der Waals surface area contributed by atoms with Gasteiger partial charge in [0, 0.05) is 51.3 Å². The maximum Gasteiger partial charge on any atom is 0.269 e. The summed E-state index contributed by atoms with van der Waals surface area (Å²) in [6, 6.07) is 5.97. The Hall–Kier alpha value is -1.70. The molecule has 0 saturated carbocycles. The van der Waals surface area contributed by atoms with Crippen LogP contribution in [0.4, 0.5) is 5.69 Å². The van der Waals surface area contributed by atoms with Crippen molar-refractivity contribution < 1.29 is 19.5 Å². The molecule has 1 aliphatic rings. The monoisotopic (exact) mass is 296 g/mol. The van der Waals surface area contributed by atoms with Gasteiger partial charge in [-0.15, -0.1) is 0 Å². The number of hydrogen-bond donors (Lipinski definition) is 2. The van der Waals surface area contributed by atoms with Crippen molar-refractivity contribution in [3.8, 4) is 5.75 Å². The molecule has 0 spiro atoms. The number of non-ortho nitro benzene ring substituents is 1. The molecule has 2 N–H and O–H groups in total. The molecule has 116 valence electrons. The van der Waals surface area contributed by atoms with Crippen molar-refractivity contribution in [3.05, 3.63) is 34.4 Å². The third-order valence-electron chi connectivity index (χ3n) is 3.47. The minimum atomic E-state index is -0.689. The number of aliphatic hydroxyl groups is 1. The van der Waals surface area contributed by atoms with Crippen LogP contribution < -0.4 is 10.1 Å². The smallest absolute Gasteiger partial charge is 0.269 e. The second-order valence-corrected chi connectivity index (χ2v) is 5.11. The quantitative estimate of drug-likeness (QED) is 0.444. The van der Waals surface area contributed by atoms with E-state index in [1.807, 2.05) is 0 Å². The van der Waals surface area contributed by atoms with E-state index in [0.717, 1.165) is 0 Å². The Bertz CT molecular complexity index is 457. The first-order valence-electron chi connectivity index (χ1n) is 6.97. The molecule has 1 heterocycles. The van der Waals surface area contributed by atoms with Gasteiger partial charge >= 0.3 is 0 Å². The highest BCUT2D eigenvalue weighted by Crippen LogP contribution is 2.19. The Balaban J connectivity index is 1.64. The second kappa shape index (κ2) is 7.35. The zero-order chi connectivity index (χ0) is 15.1. The molecule has 0 unspecified atom stereocenters. The van der Waals surface area contributed by atoms with Gasteiger partial charge in [-0.3, -0.25) is 10.1 Å². The Morgan fingerprint density at radius 2 is 2.00 bits per heavy atom. The highest BCUT2D eigenvalue weighted by molar-refractivity contribution is 5.35. The highest BCUT2D eigenvalue weighted by atomic mass is 16.6. The topological polar surface area (TPSA) is 93.9 Å². The molecule has 1 aliphatic heterocycles. The Kier molecular flexibility index (Phi) is 5.49. The number of nitrogens with zero attached hydrogens (tertiary/aromatic N) is 1. The van der Waals surface area contributed by atoms with Gasteiger partial charge in [0.2, 0.25) is 0 Å². The van der Waals surface area contributed by atoms with Crippen LogP contribution in [0.5, 0.6) is 5.75 Å². The average molecular weight is 296 g/mol. The Morgan fingerprint density at radius 1 is 1.33 bits per heavy atom. The number of nitrogens with one attached hydrogen (secondary N) is 1. The van der Waals surface area contributed by atoms with Crippen LogP contribution in [0, 0.1) is 10.1 Å². The molecule has 0 aromatic heterocycles. The molecular formula is C14H20N2O5. The normalized spacial score (nSPS) is 17.4. The van der Waals surface area contributed by atoms with Gasteiger partial charge in [0.15, 0.2) is 0 Å². The van der Waals surface area contributed by atoms with E-state index >= 15 is 0 Å². The van der Waals surface area contributed by atoms with Crippen LogP contribution in [0.3, 0.4) is 0 Å². The van der Waals surface area contributed by atoms with Gasteiger partial charge in [0.25, 0.3) is 5.69 Å². The number of benzene rings is 1. The van der Waals surface area contributed by atoms with Gasteiger partial charge in [-0.25, -0.2) is 0 Å².